The minimum atomic E-state index is -3.73. The van der Waals surface area contributed by atoms with Crippen LogP contribution in [0.5, 0.6) is 0 Å². The summed E-state index contributed by atoms with van der Waals surface area (Å²) in [4.78, 5) is 0. The molecule has 0 N–H and O–H groups in total. The second-order valence-corrected chi connectivity index (χ2v) is 17.1. The van der Waals surface area contributed by atoms with E-state index in [4.69, 9.17) is 18.1 Å². The summed E-state index contributed by atoms with van der Waals surface area (Å²) >= 11 is 0. The molecule has 0 saturated carbocycles. The molecule has 4 aromatic carbocycles. The Morgan fingerprint density at radius 2 is 0.822 bits per heavy atom. The lowest BCUT2D eigenvalue weighted by Gasteiger charge is -2.45. The van der Waals surface area contributed by atoms with Crippen molar-refractivity contribution in [2.24, 2.45) is 5.41 Å². The van der Waals surface area contributed by atoms with E-state index < -0.39 is 31.9 Å². The highest BCUT2D eigenvalue weighted by Crippen LogP contribution is 2.71. The standard InChI is InChI=1S/C37H42O6P2/c1-25-17-27(3)33(28(4)18-25)36(34-29(5)19-26(2)20-30(34)6)45(39)42-23-37(24-43-45)21-40-44(38,41-22-37)35(31-13-9-7-10-14-31)32-15-11-8-12-16-32/h7-20,35-36H,21-24H2,1-6H3. The van der Waals surface area contributed by atoms with Crippen molar-refractivity contribution < 1.29 is 27.2 Å². The summed E-state index contributed by atoms with van der Waals surface area (Å²) in [5, 5.41) is 0. The van der Waals surface area contributed by atoms with Gasteiger partial charge in [0.25, 0.3) is 0 Å². The molecule has 6 nitrogen and oxygen atoms in total. The maximum atomic E-state index is 15.0. The molecule has 2 heterocycles. The zero-order chi connectivity index (χ0) is 32.0. The minimum absolute atomic E-state index is 0.107. The van der Waals surface area contributed by atoms with Crippen molar-refractivity contribution in [2.45, 2.75) is 52.9 Å². The third-order valence-corrected chi connectivity index (χ3v) is 13.4. The SMILES string of the molecule is Cc1cc(C)c(C(c2c(C)cc(C)cc2C)P2(=O)OCC3(COP(=O)(C(c4ccccc4)c4ccccc4)OC3)CO2)c(C)c1. The van der Waals surface area contributed by atoms with Crippen molar-refractivity contribution in [1.29, 1.82) is 0 Å². The molecule has 2 fully saturated rings. The van der Waals surface area contributed by atoms with Crippen molar-refractivity contribution in [3.63, 3.8) is 0 Å². The zero-order valence-corrected chi connectivity index (χ0v) is 28.7. The number of hydrogen-bond donors (Lipinski definition) is 0. The van der Waals surface area contributed by atoms with Crippen LogP contribution in [0.25, 0.3) is 0 Å². The molecule has 0 atom stereocenters. The number of hydrogen-bond acceptors (Lipinski definition) is 6. The monoisotopic (exact) mass is 644 g/mol. The smallest absolute Gasteiger partial charge is 0.307 e. The van der Waals surface area contributed by atoms with Gasteiger partial charge in [-0.2, -0.15) is 0 Å². The Morgan fingerprint density at radius 3 is 1.16 bits per heavy atom. The molecular weight excluding hydrogens is 602 g/mol. The number of benzene rings is 4. The average molecular weight is 645 g/mol. The first-order valence-electron chi connectivity index (χ1n) is 15.5. The maximum absolute atomic E-state index is 15.0. The summed E-state index contributed by atoms with van der Waals surface area (Å²) in [7, 11) is -7.35. The van der Waals surface area contributed by atoms with E-state index >= 15 is 0 Å². The highest BCUT2D eigenvalue weighted by Gasteiger charge is 2.54. The van der Waals surface area contributed by atoms with Crippen molar-refractivity contribution in [3.8, 4) is 0 Å². The molecule has 0 amide bonds. The van der Waals surface area contributed by atoms with E-state index in [-0.39, 0.29) is 26.4 Å². The van der Waals surface area contributed by atoms with Gasteiger partial charge in [0.05, 0.1) is 31.8 Å². The van der Waals surface area contributed by atoms with Gasteiger partial charge in [0.1, 0.15) is 11.3 Å². The minimum Gasteiger partial charge on any atom is -0.307 e. The Hall–Kier alpha value is -2.82. The Bertz CT molecular complexity index is 1630. The van der Waals surface area contributed by atoms with Crippen molar-refractivity contribution in [2.75, 3.05) is 26.4 Å². The van der Waals surface area contributed by atoms with Gasteiger partial charge in [-0.15, -0.1) is 0 Å². The first-order valence-corrected chi connectivity index (χ1v) is 18.7. The van der Waals surface area contributed by atoms with Crippen molar-refractivity contribution in [3.05, 3.63) is 141 Å². The summed E-state index contributed by atoms with van der Waals surface area (Å²) in [6.45, 7) is 12.8. The van der Waals surface area contributed by atoms with E-state index in [9.17, 15) is 9.13 Å². The lowest BCUT2D eigenvalue weighted by atomic mass is 9.89. The lowest BCUT2D eigenvalue weighted by Crippen LogP contribution is -2.46. The predicted molar refractivity (Wildman–Crippen MR) is 179 cm³/mol. The van der Waals surface area contributed by atoms with Gasteiger partial charge in [-0.25, -0.2) is 0 Å². The summed E-state index contributed by atoms with van der Waals surface area (Å²) < 4.78 is 54.6. The summed E-state index contributed by atoms with van der Waals surface area (Å²) in [5.74, 6) is 0. The van der Waals surface area contributed by atoms with Crippen LogP contribution in [0.15, 0.2) is 84.9 Å². The number of rotatable bonds is 6. The van der Waals surface area contributed by atoms with Gasteiger partial charge in [-0.3, -0.25) is 9.13 Å². The van der Waals surface area contributed by atoms with Crippen LogP contribution in [0.1, 0.15) is 67.0 Å². The largest absolute Gasteiger partial charge is 0.342 e. The van der Waals surface area contributed by atoms with E-state index in [2.05, 4.69) is 65.8 Å². The van der Waals surface area contributed by atoms with Gasteiger partial charge in [0.2, 0.25) is 0 Å². The molecule has 2 saturated heterocycles. The molecule has 4 aromatic rings. The van der Waals surface area contributed by atoms with Crippen LogP contribution in [0.4, 0.5) is 0 Å². The number of aryl methyl sites for hydroxylation is 6. The summed E-state index contributed by atoms with van der Waals surface area (Å²) in [5.41, 5.74) is 8.29. The molecule has 236 valence electrons. The van der Waals surface area contributed by atoms with E-state index in [0.717, 1.165) is 55.6 Å². The van der Waals surface area contributed by atoms with Crippen LogP contribution in [0, 0.1) is 47.0 Å². The molecule has 0 aromatic heterocycles. The van der Waals surface area contributed by atoms with Gasteiger partial charge < -0.3 is 18.1 Å². The second kappa shape index (κ2) is 12.4. The topological polar surface area (TPSA) is 71.1 Å². The fraction of sp³-hybridized carbons (Fsp3) is 0.351. The first-order chi connectivity index (χ1) is 21.4. The van der Waals surface area contributed by atoms with Crippen LogP contribution >= 0.6 is 15.2 Å². The molecule has 0 unspecified atom stereocenters. The zero-order valence-electron chi connectivity index (χ0n) is 26.9. The van der Waals surface area contributed by atoms with E-state index in [1.54, 1.807) is 0 Å². The molecule has 1 spiro atoms. The van der Waals surface area contributed by atoms with Crippen LogP contribution in [0.3, 0.4) is 0 Å². The Balaban J connectivity index is 1.30. The van der Waals surface area contributed by atoms with Crippen LogP contribution in [-0.4, -0.2) is 26.4 Å². The second-order valence-electron chi connectivity index (χ2n) is 12.9. The highest BCUT2D eigenvalue weighted by atomic mass is 31.2. The molecule has 0 radical (unpaired) electrons. The van der Waals surface area contributed by atoms with Crippen LogP contribution in [-0.2, 0) is 27.2 Å². The van der Waals surface area contributed by atoms with Gasteiger partial charge >= 0.3 is 15.2 Å². The Kier molecular flexibility index (Phi) is 8.86. The first kappa shape index (κ1) is 32.1. The third-order valence-electron chi connectivity index (χ3n) is 9.09. The predicted octanol–water partition coefficient (Wildman–Crippen LogP) is 9.88. The lowest BCUT2D eigenvalue weighted by molar-refractivity contribution is -0.0703. The Labute approximate surface area is 267 Å². The van der Waals surface area contributed by atoms with Gasteiger partial charge in [0.15, 0.2) is 0 Å². The molecular formula is C37H42O6P2. The van der Waals surface area contributed by atoms with Crippen molar-refractivity contribution in [1.82, 2.24) is 0 Å². The molecule has 0 bridgehead atoms. The van der Waals surface area contributed by atoms with Gasteiger partial charge in [-0.05, 0) is 86.1 Å². The fourth-order valence-corrected chi connectivity index (χ4v) is 12.1. The molecule has 2 aliphatic heterocycles. The van der Waals surface area contributed by atoms with E-state index in [1.165, 1.54) is 0 Å². The summed E-state index contributed by atoms with van der Waals surface area (Å²) in [6, 6.07) is 27.9. The third kappa shape index (κ3) is 6.17. The van der Waals surface area contributed by atoms with E-state index in [1.807, 2.05) is 60.7 Å². The van der Waals surface area contributed by atoms with E-state index in [0.29, 0.717) is 0 Å². The fourth-order valence-electron chi connectivity index (χ4n) is 7.06. The molecule has 2 aliphatic rings. The Morgan fingerprint density at radius 1 is 0.511 bits per heavy atom. The highest BCUT2D eigenvalue weighted by molar-refractivity contribution is 7.55. The molecule has 6 rings (SSSR count). The van der Waals surface area contributed by atoms with Crippen LogP contribution < -0.4 is 0 Å². The molecule has 45 heavy (non-hydrogen) atoms. The van der Waals surface area contributed by atoms with Crippen LogP contribution in [0.2, 0.25) is 0 Å². The van der Waals surface area contributed by atoms with Gasteiger partial charge in [0, 0.05) is 0 Å². The quantitative estimate of drug-likeness (QED) is 0.195. The average Bonchev–Trinajstić information content (AvgIpc) is 3.00. The van der Waals surface area contributed by atoms with Gasteiger partial charge in [-0.1, -0.05) is 96.1 Å². The normalized spacial score (nSPS) is 25.2. The van der Waals surface area contributed by atoms with Crippen molar-refractivity contribution >= 4 is 15.2 Å². The molecule has 8 heteroatoms. The molecule has 0 aliphatic carbocycles. The maximum Gasteiger partial charge on any atom is 0.342 e. The summed E-state index contributed by atoms with van der Waals surface area (Å²) in [6.07, 6.45) is 0.